The minimum Gasteiger partial charge on any atom is -0.510 e. The number of allylic oxidation sites excluding steroid dienone is 1. The third-order valence-corrected chi connectivity index (χ3v) is 8.99. The van der Waals surface area contributed by atoms with E-state index < -0.39 is 0 Å². The second kappa shape index (κ2) is 6.28. The zero-order valence-corrected chi connectivity index (χ0v) is 16.3. The number of aliphatic hydroxyl groups excluding tert-OH is 1. The van der Waals surface area contributed by atoms with Gasteiger partial charge in [0.15, 0.2) is 0 Å². The molecule has 2 aromatic rings. The number of para-hydroxylation sites is 1. The molecule has 4 aliphatic carbocycles. The third-order valence-electron chi connectivity index (χ3n) is 6.41. The van der Waals surface area contributed by atoms with Crippen LogP contribution in [-0.4, -0.2) is 20.6 Å². The summed E-state index contributed by atoms with van der Waals surface area (Å²) in [6.45, 7) is 0. The van der Waals surface area contributed by atoms with Crippen LogP contribution in [0.1, 0.15) is 43.5 Å². The highest BCUT2D eigenvalue weighted by molar-refractivity contribution is 8.00. The lowest BCUT2D eigenvalue weighted by Crippen LogP contribution is -2.48. The second-order valence-corrected chi connectivity index (χ2v) is 10.8. The average molecular weight is 383 g/mol. The lowest BCUT2D eigenvalue weighted by molar-refractivity contribution is 0.0383. The van der Waals surface area contributed by atoms with Crippen molar-refractivity contribution < 1.29 is 5.11 Å². The molecule has 26 heavy (non-hydrogen) atoms. The molecule has 1 heterocycles. The SMILES string of the molecule is N#C/C(=C(/O)CSC12CC3CC(CC(C3)C1)C2)c1nc2ccccc2s1. The van der Waals surface area contributed by atoms with Gasteiger partial charge >= 0.3 is 0 Å². The van der Waals surface area contributed by atoms with Gasteiger partial charge in [-0.2, -0.15) is 5.26 Å². The Hall–Kier alpha value is -1.51. The number of benzene rings is 1. The third kappa shape index (κ3) is 2.84. The molecule has 4 fully saturated rings. The molecule has 0 aliphatic heterocycles. The summed E-state index contributed by atoms with van der Waals surface area (Å²) in [6.07, 6.45) is 8.20. The molecule has 134 valence electrons. The quantitative estimate of drug-likeness (QED) is 0.537. The molecule has 6 rings (SSSR count). The molecule has 1 N–H and O–H groups in total. The number of thiazole rings is 1. The molecule has 4 aliphatic rings. The number of hydrogen-bond acceptors (Lipinski definition) is 5. The Balaban J connectivity index is 1.38. The Labute approximate surface area is 162 Å². The number of rotatable bonds is 4. The molecule has 1 aromatic carbocycles. The van der Waals surface area contributed by atoms with Crippen LogP contribution in [0.25, 0.3) is 15.8 Å². The maximum Gasteiger partial charge on any atom is 0.138 e. The normalized spacial score (nSPS) is 33.3. The second-order valence-electron chi connectivity index (χ2n) is 8.31. The highest BCUT2D eigenvalue weighted by Crippen LogP contribution is 2.60. The van der Waals surface area contributed by atoms with Crippen molar-refractivity contribution in [1.29, 1.82) is 5.26 Å². The fourth-order valence-electron chi connectivity index (χ4n) is 5.72. The van der Waals surface area contributed by atoms with Crippen LogP contribution in [-0.2, 0) is 0 Å². The van der Waals surface area contributed by atoms with Crippen molar-refractivity contribution in [2.45, 2.75) is 43.3 Å². The van der Waals surface area contributed by atoms with Crippen LogP contribution in [0.4, 0.5) is 0 Å². The predicted molar refractivity (Wildman–Crippen MR) is 108 cm³/mol. The van der Waals surface area contributed by atoms with E-state index in [1.54, 1.807) is 0 Å². The Morgan fingerprint density at radius 3 is 2.46 bits per heavy atom. The van der Waals surface area contributed by atoms with Crippen LogP contribution in [0.2, 0.25) is 0 Å². The summed E-state index contributed by atoms with van der Waals surface area (Å²) in [5.74, 6) is 3.44. The molecule has 4 bridgehead atoms. The largest absolute Gasteiger partial charge is 0.510 e. The Kier molecular flexibility index (Phi) is 4.02. The average Bonchev–Trinajstić information content (AvgIpc) is 3.03. The summed E-state index contributed by atoms with van der Waals surface area (Å²) in [4.78, 5) is 4.55. The van der Waals surface area contributed by atoms with Crippen LogP contribution in [0, 0.1) is 29.1 Å². The molecule has 4 saturated carbocycles. The van der Waals surface area contributed by atoms with E-state index in [0.717, 1.165) is 28.0 Å². The first kappa shape index (κ1) is 16.6. The summed E-state index contributed by atoms with van der Waals surface area (Å²) in [6, 6.07) is 10.1. The van der Waals surface area contributed by atoms with Crippen molar-refractivity contribution in [1.82, 2.24) is 4.98 Å². The fraction of sp³-hybridized carbons (Fsp3) is 0.524. The minimum atomic E-state index is 0.201. The van der Waals surface area contributed by atoms with E-state index in [4.69, 9.17) is 0 Å². The van der Waals surface area contributed by atoms with Crippen molar-refractivity contribution in [3.05, 3.63) is 35.0 Å². The Morgan fingerprint density at radius 1 is 1.19 bits per heavy atom. The number of thioether (sulfide) groups is 1. The molecule has 5 heteroatoms. The van der Waals surface area contributed by atoms with Gasteiger partial charge in [-0.3, -0.25) is 0 Å². The van der Waals surface area contributed by atoms with Crippen LogP contribution in [0.15, 0.2) is 30.0 Å². The van der Waals surface area contributed by atoms with Crippen molar-refractivity contribution >= 4 is 38.9 Å². The summed E-state index contributed by atoms with van der Waals surface area (Å²) < 4.78 is 1.40. The lowest BCUT2D eigenvalue weighted by Gasteiger charge is -2.56. The molecule has 0 atom stereocenters. The number of nitrogens with zero attached hydrogens (tertiary/aromatic N) is 2. The van der Waals surface area contributed by atoms with Gasteiger partial charge in [-0.1, -0.05) is 12.1 Å². The van der Waals surface area contributed by atoms with Crippen LogP contribution in [0.5, 0.6) is 0 Å². The van der Waals surface area contributed by atoms with Crippen LogP contribution >= 0.6 is 23.1 Å². The molecule has 1 aromatic heterocycles. The Bertz CT molecular complexity index is 855. The summed E-state index contributed by atoms with van der Waals surface area (Å²) in [5.41, 5.74) is 1.24. The molecule has 0 spiro atoms. The highest BCUT2D eigenvalue weighted by atomic mass is 32.2. The van der Waals surface area contributed by atoms with Crippen LogP contribution in [0.3, 0.4) is 0 Å². The summed E-state index contributed by atoms with van der Waals surface area (Å²) >= 11 is 3.39. The van der Waals surface area contributed by atoms with Crippen molar-refractivity contribution in [3.63, 3.8) is 0 Å². The topological polar surface area (TPSA) is 56.9 Å². The standard InChI is InChI=1S/C21H22N2OS2/c22-11-16(20-23-17-3-1-2-4-19(17)26-20)18(24)12-25-21-8-13-5-14(9-21)7-15(6-13)10-21/h1-4,13-15,24H,5-10,12H2/b18-16-. The van der Waals surface area contributed by atoms with Gasteiger partial charge in [0, 0.05) is 4.75 Å². The monoisotopic (exact) mass is 382 g/mol. The van der Waals surface area contributed by atoms with E-state index in [2.05, 4.69) is 11.1 Å². The van der Waals surface area contributed by atoms with Gasteiger partial charge in [0.2, 0.25) is 0 Å². The molecule has 0 unspecified atom stereocenters. The van der Waals surface area contributed by atoms with Crippen molar-refractivity contribution in [3.8, 4) is 6.07 Å². The van der Waals surface area contributed by atoms with E-state index in [9.17, 15) is 10.4 Å². The fourth-order valence-corrected chi connectivity index (χ4v) is 8.35. The van der Waals surface area contributed by atoms with Gasteiger partial charge in [-0.05, 0) is 68.4 Å². The molecule has 0 amide bonds. The van der Waals surface area contributed by atoms with Gasteiger partial charge in [0.25, 0.3) is 0 Å². The van der Waals surface area contributed by atoms with E-state index in [0.29, 0.717) is 21.1 Å². The number of aliphatic hydroxyl groups is 1. The first-order valence-corrected chi connectivity index (χ1v) is 11.3. The maximum absolute atomic E-state index is 10.7. The van der Waals surface area contributed by atoms with Crippen LogP contribution < -0.4 is 0 Å². The van der Waals surface area contributed by atoms with Gasteiger partial charge < -0.3 is 5.11 Å². The zero-order valence-electron chi connectivity index (χ0n) is 14.6. The maximum atomic E-state index is 10.7. The van der Waals surface area contributed by atoms with E-state index >= 15 is 0 Å². The van der Waals surface area contributed by atoms with E-state index in [1.165, 1.54) is 49.9 Å². The number of nitriles is 1. The molecule has 3 nitrogen and oxygen atoms in total. The highest BCUT2D eigenvalue weighted by Gasteiger charge is 2.51. The van der Waals surface area contributed by atoms with Gasteiger partial charge in [-0.15, -0.1) is 23.1 Å². The van der Waals surface area contributed by atoms with E-state index in [1.807, 2.05) is 36.0 Å². The minimum absolute atomic E-state index is 0.201. The molecule has 0 saturated heterocycles. The van der Waals surface area contributed by atoms with Gasteiger partial charge in [0.1, 0.15) is 22.4 Å². The Morgan fingerprint density at radius 2 is 1.85 bits per heavy atom. The van der Waals surface area contributed by atoms with Crippen molar-refractivity contribution in [2.75, 3.05) is 5.75 Å². The van der Waals surface area contributed by atoms with Crippen molar-refractivity contribution in [2.24, 2.45) is 17.8 Å². The van der Waals surface area contributed by atoms with Gasteiger partial charge in [-0.25, -0.2) is 4.98 Å². The summed E-state index contributed by atoms with van der Waals surface area (Å²) in [7, 11) is 0. The zero-order chi connectivity index (χ0) is 17.7. The van der Waals surface area contributed by atoms with E-state index in [-0.39, 0.29) is 5.76 Å². The number of hydrogen-bond donors (Lipinski definition) is 1. The van der Waals surface area contributed by atoms with Gasteiger partial charge in [0.05, 0.1) is 16.0 Å². The predicted octanol–water partition coefficient (Wildman–Crippen LogP) is 5.79. The number of fused-ring (bicyclic) bond motifs is 1. The smallest absolute Gasteiger partial charge is 0.138 e. The first-order valence-electron chi connectivity index (χ1n) is 9.46. The molecular formula is C21H22N2OS2. The number of aromatic nitrogens is 1. The lowest BCUT2D eigenvalue weighted by atomic mass is 9.56. The molecular weight excluding hydrogens is 360 g/mol. The summed E-state index contributed by atoms with van der Waals surface area (Å²) in [5, 5.41) is 21.0. The first-order chi connectivity index (χ1) is 12.6. The molecule has 0 radical (unpaired) electrons.